The maximum Gasteiger partial charge on any atom is 0.00682 e. The van der Waals surface area contributed by atoms with Crippen LogP contribution in [-0.2, 0) is 5.41 Å². The standard InChI is InChI=1S/C20H20/c1-20(2,3)17-12-15-8-4-6-13-10-11-14-7-5-9-16(17)19(14)18(13)15/h4-5,7-13H,6H2,1-3H3. The molecule has 0 heterocycles. The van der Waals surface area contributed by atoms with Gasteiger partial charge in [0, 0.05) is 5.92 Å². The SMILES string of the molecule is CC(C)(C)c1cc2c3c4c(cccc14)C=CC3CC=C2. The second-order valence-electron chi connectivity index (χ2n) is 7.05. The van der Waals surface area contributed by atoms with Crippen molar-refractivity contribution in [1.82, 2.24) is 0 Å². The molecule has 0 N–H and O–H groups in total. The van der Waals surface area contributed by atoms with Crippen LogP contribution in [0.3, 0.4) is 0 Å². The first-order valence-corrected chi connectivity index (χ1v) is 7.50. The Kier molecular flexibility index (Phi) is 2.30. The first kappa shape index (κ1) is 12.0. The summed E-state index contributed by atoms with van der Waals surface area (Å²) in [6, 6.07) is 9.17. The van der Waals surface area contributed by atoms with Gasteiger partial charge in [0.2, 0.25) is 0 Å². The molecule has 4 rings (SSSR count). The summed E-state index contributed by atoms with van der Waals surface area (Å²) in [7, 11) is 0. The lowest BCUT2D eigenvalue weighted by Crippen LogP contribution is -2.15. The van der Waals surface area contributed by atoms with E-state index >= 15 is 0 Å². The Morgan fingerprint density at radius 3 is 2.70 bits per heavy atom. The second-order valence-corrected chi connectivity index (χ2v) is 7.05. The molecular formula is C20H20. The zero-order valence-corrected chi connectivity index (χ0v) is 12.4. The average Bonchev–Trinajstić information content (AvgIpc) is 2.43. The van der Waals surface area contributed by atoms with Gasteiger partial charge < -0.3 is 0 Å². The predicted octanol–water partition coefficient (Wildman–Crippen LogP) is 5.66. The summed E-state index contributed by atoms with van der Waals surface area (Å²) < 4.78 is 0. The molecule has 0 aliphatic heterocycles. The molecule has 2 aromatic rings. The molecule has 0 radical (unpaired) electrons. The van der Waals surface area contributed by atoms with E-state index in [4.69, 9.17) is 0 Å². The smallest absolute Gasteiger partial charge is 0.00682 e. The summed E-state index contributed by atoms with van der Waals surface area (Å²) in [5.74, 6) is 0.571. The van der Waals surface area contributed by atoms with Gasteiger partial charge in [-0.15, -0.1) is 0 Å². The first-order valence-electron chi connectivity index (χ1n) is 7.50. The van der Waals surface area contributed by atoms with E-state index in [1.54, 1.807) is 5.56 Å². The normalized spacial score (nSPS) is 19.6. The molecule has 0 spiro atoms. The van der Waals surface area contributed by atoms with Gasteiger partial charge in [0.25, 0.3) is 0 Å². The number of hydrogen-bond donors (Lipinski definition) is 0. The zero-order valence-electron chi connectivity index (χ0n) is 12.4. The highest BCUT2D eigenvalue weighted by molar-refractivity contribution is 6.00. The summed E-state index contributed by atoms with van der Waals surface area (Å²) in [4.78, 5) is 0. The Morgan fingerprint density at radius 1 is 1.05 bits per heavy atom. The fourth-order valence-electron chi connectivity index (χ4n) is 3.70. The van der Waals surface area contributed by atoms with Crippen LogP contribution in [0.15, 0.2) is 36.4 Å². The fraction of sp³-hybridized carbons (Fsp3) is 0.300. The van der Waals surface area contributed by atoms with Crippen molar-refractivity contribution >= 4 is 22.9 Å². The fourth-order valence-corrected chi connectivity index (χ4v) is 3.70. The van der Waals surface area contributed by atoms with E-state index in [-0.39, 0.29) is 5.41 Å². The van der Waals surface area contributed by atoms with Crippen molar-refractivity contribution in [2.24, 2.45) is 0 Å². The first-order chi connectivity index (χ1) is 9.55. The van der Waals surface area contributed by atoms with Crippen molar-refractivity contribution in [2.45, 2.75) is 38.5 Å². The van der Waals surface area contributed by atoms with Crippen LogP contribution in [0.4, 0.5) is 0 Å². The lowest BCUT2D eigenvalue weighted by molar-refractivity contribution is 0.595. The molecule has 0 fully saturated rings. The zero-order chi connectivity index (χ0) is 13.9. The number of hydrogen-bond acceptors (Lipinski definition) is 0. The highest BCUT2D eigenvalue weighted by Crippen LogP contribution is 2.44. The van der Waals surface area contributed by atoms with Gasteiger partial charge in [0.05, 0.1) is 0 Å². The van der Waals surface area contributed by atoms with E-state index in [1.165, 1.54) is 27.5 Å². The van der Waals surface area contributed by atoms with Crippen LogP contribution in [0.1, 0.15) is 55.4 Å². The highest BCUT2D eigenvalue weighted by atomic mass is 14.3. The highest BCUT2D eigenvalue weighted by Gasteiger charge is 2.26. The molecule has 0 amide bonds. The lowest BCUT2D eigenvalue weighted by Gasteiger charge is -2.30. The number of allylic oxidation sites excluding steroid dienone is 2. The largest absolute Gasteiger partial charge is 0.0830 e. The predicted molar refractivity (Wildman–Crippen MR) is 88.1 cm³/mol. The Hall–Kier alpha value is -1.82. The molecule has 2 aliphatic rings. The summed E-state index contributed by atoms with van der Waals surface area (Å²) in [5.41, 5.74) is 6.00. The maximum atomic E-state index is 2.42. The third kappa shape index (κ3) is 1.54. The summed E-state index contributed by atoms with van der Waals surface area (Å²) in [6.45, 7) is 6.94. The van der Waals surface area contributed by atoms with Gasteiger partial charge in [-0.1, -0.05) is 69.3 Å². The Morgan fingerprint density at radius 2 is 1.90 bits per heavy atom. The molecular weight excluding hydrogens is 240 g/mol. The molecule has 0 nitrogen and oxygen atoms in total. The van der Waals surface area contributed by atoms with Crippen LogP contribution in [0, 0.1) is 0 Å². The molecule has 0 aromatic heterocycles. The van der Waals surface area contributed by atoms with Crippen molar-refractivity contribution in [3.63, 3.8) is 0 Å². The van der Waals surface area contributed by atoms with E-state index in [9.17, 15) is 0 Å². The van der Waals surface area contributed by atoms with Crippen LogP contribution < -0.4 is 0 Å². The minimum Gasteiger partial charge on any atom is -0.0830 e. The lowest BCUT2D eigenvalue weighted by atomic mass is 9.74. The third-order valence-electron chi connectivity index (χ3n) is 4.64. The van der Waals surface area contributed by atoms with Crippen LogP contribution in [0.25, 0.3) is 22.9 Å². The van der Waals surface area contributed by atoms with Crippen LogP contribution in [0.5, 0.6) is 0 Å². The molecule has 100 valence electrons. The Bertz CT molecular complexity index is 767. The van der Waals surface area contributed by atoms with Crippen molar-refractivity contribution in [3.8, 4) is 0 Å². The molecule has 2 aliphatic carbocycles. The van der Waals surface area contributed by atoms with Gasteiger partial charge >= 0.3 is 0 Å². The second kappa shape index (κ2) is 3.85. The van der Waals surface area contributed by atoms with Gasteiger partial charge in [-0.05, 0) is 44.9 Å². The summed E-state index contributed by atoms with van der Waals surface area (Å²) >= 11 is 0. The van der Waals surface area contributed by atoms with Crippen LogP contribution in [0.2, 0.25) is 0 Å². The van der Waals surface area contributed by atoms with Gasteiger partial charge in [-0.3, -0.25) is 0 Å². The van der Waals surface area contributed by atoms with E-state index in [2.05, 4.69) is 69.3 Å². The minimum atomic E-state index is 0.176. The van der Waals surface area contributed by atoms with Crippen molar-refractivity contribution < 1.29 is 0 Å². The third-order valence-corrected chi connectivity index (χ3v) is 4.64. The molecule has 20 heavy (non-hydrogen) atoms. The monoisotopic (exact) mass is 260 g/mol. The van der Waals surface area contributed by atoms with E-state index in [1.807, 2.05) is 0 Å². The molecule has 2 aromatic carbocycles. The number of benzene rings is 2. The van der Waals surface area contributed by atoms with Gasteiger partial charge in [-0.2, -0.15) is 0 Å². The van der Waals surface area contributed by atoms with Crippen molar-refractivity contribution in [2.75, 3.05) is 0 Å². The van der Waals surface area contributed by atoms with E-state index in [0.717, 1.165) is 6.42 Å². The topological polar surface area (TPSA) is 0 Å². The average molecular weight is 260 g/mol. The van der Waals surface area contributed by atoms with E-state index < -0.39 is 0 Å². The molecule has 1 unspecified atom stereocenters. The van der Waals surface area contributed by atoms with Crippen LogP contribution in [-0.4, -0.2) is 0 Å². The number of rotatable bonds is 0. The van der Waals surface area contributed by atoms with Crippen molar-refractivity contribution in [3.05, 3.63) is 58.7 Å². The Balaban J connectivity index is 2.21. The molecule has 0 saturated carbocycles. The van der Waals surface area contributed by atoms with Gasteiger partial charge in [-0.25, -0.2) is 0 Å². The van der Waals surface area contributed by atoms with E-state index in [0.29, 0.717) is 5.92 Å². The molecule has 0 bridgehead atoms. The van der Waals surface area contributed by atoms with Gasteiger partial charge in [0.15, 0.2) is 0 Å². The van der Waals surface area contributed by atoms with Gasteiger partial charge in [0.1, 0.15) is 0 Å². The summed E-state index contributed by atoms with van der Waals surface area (Å²) in [6.07, 6.45) is 10.5. The summed E-state index contributed by atoms with van der Waals surface area (Å²) in [5, 5.41) is 2.94. The Labute approximate surface area is 120 Å². The minimum absolute atomic E-state index is 0.176. The molecule has 1 atom stereocenters. The maximum absolute atomic E-state index is 2.42. The van der Waals surface area contributed by atoms with Crippen LogP contribution >= 0.6 is 0 Å². The molecule has 0 heteroatoms. The van der Waals surface area contributed by atoms with Crippen molar-refractivity contribution in [1.29, 1.82) is 0 Å². The quantitative estimate of drug-likeness (QED) is 0.573. The molecule has 0 saturated heterocycles.